The molecular weight excluding hydrogens is 360 g/mol. The van der Waals surface area contributed by atoms with Gasteiger partial charge in [-0.15, -0.1) is 0 Å². The summed E-state index contributed by atoms with van der Waals surface area (Å²) in [5.41, 5.74) is 2.10. The molecule has 0 atom stereocenters. The molecule has 2 rings (SSSR count). The van der Waals surface area contributed by atoms with Crippen LogP contribution in [0.15, 0.2) is 53.0 Å². The Labute approximate surface area is 143 Å². The Balaban J connectivity index is 1.84. The van der Waals surface area contributed by atoms with Crippen LogP contribution < -0.4 is 10.6 Å². The first kappa shape index (κ1) is 17.0. The Kier molecular flexibility index (Phi) is 6.17. The number of esters is 1. The van der Waals surface area contributed by atoms with Crippen LogP contribution >= 0.6 is 15.9 Å². The second kappa shape index (κ2) is 8.33. The van der Waals surface area contributed by atoms with Crippen molar-refractivity contribution in [2.45, 2.75) is 13.5 Å². The van der Waals surface area contributed by atoms with Gasteiger partial charge in [0.05, 0.1) is 12.2 Å². The van der Waals surface area contributed by atoms with Gasteiger partial charge in [-0.2, -0.15) is 0 Å². The first-order valence-electron chi connectivity index (χ1n) is 7.15. The summed E-state index contributed by atoms with van der Waals surface area (Å²) in [7, 11) is 0. The summed E-state index contributed by atoms with van der Waals surface area (Å²) in [6.45, 7) is 2.48. The quantitative estimate of drug-likeness (QED) is 0.776. The van der Waals surface area contributed by atoms with Crippen LogP contribution in [-0.2, 0) is 11.3 Å². The zero-order valence-electron chi connectivity index (χ0n) is 12.6. The van der Waals surface area contributed by atoms with E-state index in [0.29, 0.717) is 24.4 Å². The number of benzene rings is 2. The van der Waals surface area contributed by atoms with Crippen molar-refractivity contribution in [1.82, 2.24) is 5.32 Å². The molecule has 6 heteroatoms. The lowest BCUT2D eigenvalue weighted by atomic mass is 10.1. The molecule has 0 saturated carbocycles. The number of ether oxygens (including phenoxy) is 1. The molecular formula is C17H17BrN2O3. The Bertz CT molecular complexity index is 669. The third-order valence-corrected chi connectivity index (χ3v) is 3.55. The van der Waals surface area contributed by atoms with Gasteiger partial charge in [-0.05, 0) is 48.9 Å². The van der Waals surface area contributed by atoms with Crippen LogP contribution in [0.4, 0.5) is 10.5 Å². The summed E-state index contributed by atoms with van der Waals surface area (Å²) in [5.74, 6) is -0.347. The molecule has 0 spiro atoms. The minimum atomic E-state index is -0.347. The summed E-state index contributed by atoms with van der Waals surface area (Å²) < 4.78 is 5.87. The van der Waals surface area contributed by atoms with Crippen LogP contribution in [0.2, 0.25) is 0 Å². The molecule has 0 aliphatic carbocycles. The molecule has 0 bridgehead atoms. The normalized spacial score (nSPS) is 10.0. The fraction of sp³-hybridized carbons (Fsp3) is 0.176. The predicted octanol–water partition coefficient (Wildman–Crippen LogP) is 3.95. The average molecular weight is 377 g/mol. The molecule has 0 fully saturated rings. The number of hydrogen-bond donors (Lipinski definition) is 2. The lowest BCUT2D eigenvalue weighted by Crippen LogP contribution is -2.28. The van der Waals surface area contributed by atoms with Gasteiger partial charge < -0.3 is 15.4 Å². The molecule has 2 aromatic carbocycles. The van der Waals surface area contributed by atoms with E-state index in [-0.39, 0.29) is 12.0 Å². The Morgan fingerprint density at radius 2 is 1.70 bits per heavy atom. The van der Waals surface area contributed by atoms with Crippen molar-refractivity contribution in [3.8, 4) is 0 Å². The van der Waals surface area contributed by atoms with Crippen LogP contribution in [-0.4, -0.2) is 18.6 Å². The molecule has 0 saturated heterocycles. The molecule has 2 aromatic rings. The maximum atomic E-state index is 11.8. The van der Waals surface area contributed by atoms with Gasteiger partial charge in [0.2, 0.25) is 0 Å². The van der Waals surface area contributed by atoms with Crippen molar-refractivity contribution in [3.63, 3.8) is 0 Å². The number of nitrogens with one attached hydrogen (secondary N) is 2. The van der Waals surface area contributed by atoms with E-state index in [2.05, 4.69) is 26.6 Å². The molecule has 0 aliphatic rings. The largest absolute Gasteiger partial charge is 0.462 e. The number of rotatable bonds is 5. The van der Waals surface area contributed by atoms with Gasteiger partial charge in [0.15, 0.2) is 0 Å². The van der Waals surface area contributed by atoms with E-state index < -0.39 is 0 Å². The minimum absolute atomic E-state index is 0.290. The number of amides is 2. The Morgan fingerprint density at radius 3 is 2.30 bits per heavy atom. The molecule has 120 valence electrons. The molecule has 5 nitrogen and oxygen atoms in total. The smallest absolute Gasteiger partial charge is 0.338 e. The van der Waals surface area contributed by atoms with Gasteiger partial charge in [0.25, 0.3) is 0 Å². The number of halogens is 1. The summed E-state index contributed by atoms with van der Waals surface area (Å²) in [4.78, 5) is 23.4. The summed E-state index contributed by atoms with van der Waals surface area (Å²) in [5, 5.41) is 5.50. The first-order chi connectivity index (χ1) is 11.1. The lowest BCUT2D eigenvalue weighted by Gasteiger charge is -2.08. The molecule has 0 heterocycles. The fourth-order valence-electron chi connectivity index (χ4n) is 1.86. The topological polar surface area (TPSA) is 67.4 Å². The molecule has 0 radical (unpaired) electrons. The highest BCUT2D eigenvalue weighted by Crippen LogP contribution is 2.14. The number of anilines is 1. The highest BCUT2D eigenvalue weighted by atomic mass is 79.9. The van der Waals surface area contributed by atoms with Crippen LogP contribution in [0.5, 0.6) is 0 Å². The zero-order chi connectivity index (χ0) is 16.7. The standard InChI is InChI=1S/C17H17BrN2O3/c1-2-23-16(21)13-5-3-12(4-6-13)11-19-17(22)20-15-9-7-14(18)8-10-15/h3-10H,2,11H2,1H3,(H2,19,20,22). The fourth-order valence-corrected chi connectivity index (χ4v) is 2.13. The lowest BCUT2D eigenvalue weighted by molar-refractivity contribution is 0.0526. The molecule has 0 aliphatic heterocycles. The highest BCUT2D eigenvalue weighted by Gasteiger charge is 2.06. The zero-order valence-corrected chi connectivity index (χ0v) is 14.2. The third kappa shape index (κ3) is 5.41. The van der Waals surface area contributed by atoms with Gasteiger partial charge in [0.1, 0.15) is 0 Å². The Morgan fingerprint density at radius 1 is 1.04 bits per heavy atom. The summed E-state index contributed by atoms with van der Waals surface area (Å²) in [6, 6.07) is 14.0. The number of hydrogen-bond acceptors (Lipinski definition) is 3. The van der Waals surface area contributed by atoms with E-state index in [1.54, 1.807) is 43.3 Å². The number of carbonyl (C=O) groups is 2. The van der Waals surface area contributed by atoms with Gasteiger partial charge >= 0.3 is 12.0 Å². The third-order valence-electron chi connectivity index (χ3n) is 3.02. The summed E-state index contributed by atoms with van der Waals surface area (Å²) in [6.07, 6.45) is 0. The van der Waals surface area contributed by atoms with E-state index in [1.807, 2.05) is 12.1 Å². The van der Waals surface area contributed by atoms with Gasteiger partial charge in [0, 0.05) is 16.7 Å². The van der Waals surface area contributed by atoms with Gasteiger partial charge in [-0.1, -0.05) is 28.1 Å². The van der Waals surface area contributed by atoms with E-state index in [9.17, 15) is 9.59 Å². The van der Waals surface area contributed by atoms with Gasteiger partial charge in [-0.3, -0.25) is 0 Å². The van der Waals surface area contributed by atoms with E-state index in [4.69, 9.17) is 4.74 Å². The van der Waals surface area contributed by atoms with Crippen molar-refractivity contribution < 1.29 is 14.3 Å². The van der Waals surface area contributed by atoms with Crippen molar-refractivity contribution in [3.05, 3.63) is 64.1 Å². The second-order valence-corrected chi connectivity index (χ2v) is 5.65. The van der Waals surface area contributed by atoms with Crippen LogP contribution in [0.1, 0.15) is 22.8 Å². The minimum Gasteiger partial charge on any atom is -0.462 e. The Hall–Kier alpha value is -2.34. The molecule has 0 aromatic heterocycles. The van der Waals surface area contributed by atoms with E-state index >= 15 is 0 Å². The molecule has 2 amide bonds. The van der Waals surface area contributed by atoms with Crippen molar-refractivity contribution in [1.29, 1.82) is 0 Å². The molecule has 2 N–H and O–H groups in total. The second-order valence-electron chi connectivity index (χ2n) is 4.73. The SMILES string of the molecule is CCOC(=O)c1ccc(CNC(=O)Nc2ccc(Br)cc2)cc1. The monoisotopic (exact) mass is 376 g/mol. The number of carbonyl (C=O) groups excluding carboxylic acids is 2. The van der Waals surface area contributed by atoms with Gasteiger partial charge in [-0.25, -0.2) is 9.59 Å². The average Bonchev–Trinajstić information content (AvgIpc) is 2.56. The van der Waals surface area contributed by atoms with Crippen LogP contribution in [0.25, 0.3) is 0 Å². The summed E-state index contributed by atoms with van der Waals surface area (Å²) >= 11 is 3.34. The maximum absolute atomic E-state index is 11.8. The predicted molar refractivity (Wildman–Crippen MR) is 92.4 cm³/mol. The molecule has 23 heavy (non-hydrogen) atoms. The van der Waals surface area contributed by atoms with Crippen molar-refractivity contribution >= 4 is 33.6 Å². The van der Waals surface area contributed by atoms with Crippen molar-refractivity contribution in [2.75, 3.05) is 11.9 Å². The van der Waals surface area contributed by atoms with Crippen molar-refractivity contribution in [2.24, 2.45) is 0 Å². The van der Waals surface area contributed by atoms with E-state index in [0.717, 1.165) is 10.0 Å². The molecule has 0 unspecified atom stereocenters. The number of urea groups is 1. The van der Waals surface area contributed by atoms with E-state index in [1.165, 1.54) is 0 Å². The maximum Gasteiger partial charge on any atom is 0.338 e. The first-order valence-corrected chi connectivity index (χ1v) is 7.94. The van der Waals surface area contributed by atoms with Crippen LogP contribution in [0, 0.1) is 0 Å². The highest BCUT2D eigenvalue weighted by molar-refractivity contribution is 9.10. The van der Waals surface area contributed by atoms with Crippen LogP contribution in [0.3, 0.4) is 0 Å².